The predicted octanol–water partition coefficient (Wildman–Crippen LogP) is 3.66. The minimum Gasteiger partial charge on any atom is -0.390 e. The molecule has 1 aromatic carbocycles. The molecule has 1 aliphatic rings. The highest BCUT2D eigenvalue weighted by Gasteiger charge is 2.24. The van der Waals surface area contributed by atoms with Gasteiger partial charge in [0.25, 0.3) is 0 Å². The Morgan fingerprint density at radius 1 is 1.24 bits per heavy atom. The van der Waals surface area contributed by atoms with Crippen molar-refractivity contribution < 1.29 is 18.3 Å². The molecule has 7 nitrogen and oxygen atoms in total. The molecule has 0 saturated heterocycles. The molecule has 1 aromatic heterocycles. The van der Waals surface area contributed by atoms with Crippen molar-refractivity contribution in [3.63, 3.8) is 0 Å². The first-order chi connectivity index (χ1) is 13.8. The van der Waals surface area contributed by atoms with E-state index < -0.39 is 9.84 Å². The van der Waals surface area contributed by atoms with Crippen molar-refractivity contribution in [2.75, 3.05) is 11.2 Å². The van der Waals surface area contributed by atoms with Crippen molar-refractivity contribution in [3.05, 3.63) is 41.3 Å². The van der Waals surface area contributed by atoms with E-state index in [-0.39, 0.29) is 22.4 Å². The highest BCUT2D eigenvalue weighted by molar-refractivity contribution is 7.90. The zero-order valence-electron chi connectivity index (χ0n) is 16.2. The third-order valence-electron chi connectivity index (χ3n) is 5.15. The molecule has 1 fully saturated rings. The fourth-order valence-electron chi connectivity index (χ4n) is 3.62. The lowest BCUT2D eigenvalue weighted by Gasteiger charge is -2.23. The Morgan fingerprint density at radius 3 is 2.52 bits per heavy atom. The summed E-state index contributed by atoms with van der Waals surface area (Å²) in [6.45, 7) is -0.252. The Hall–Kier alpha value is -2.03. The van der Waals surface area contributed by atoms with Gasteiger partial charge in [0.1, 0.15) is 0 Å². The normalized spacial score (nSPS) is 14.9. The first-order valence-electron chi connectivity index (χ1n) is 9.54. The Kier molecular flexibility index (Phi) is 6.87. The Balaban J connectivity index is 1.93. The zero-order chi connectivity index (χ0) is 21.0. The molecule has 0 bridgehead atoms. The number of anilines is 2. The number of halogens is 1. The van der Waals surface area contributed by atoms with E-state index in [2.05, 4.69) is 9.97 Å². The molecule has 3 rings (SSSR count). The number of benzene rings is 1. The van der Waals surface area contributed by atoms with Gasteiger partial charge in [-0.3, -0.25) is 14.7 Å². The fraction of sp³-hybridized carbons (Fsp3) is 0.450. The number of aliphatic hydroxyl groups excluding tert-OH is 1. The summed E-state index contributed by atoms with van der Waals surface area (Å²) >= 11 is 6.19. The average molecular weight is 438 g/mol. The molecular formula is C20H24ClN3O4S. The van der Waals surface area contributed by atoms with E-state index in [1.807, 2.05) is 0 Å². The van der Waals surface area contributed by atoms with E-state index in [4.69, 9.17) is 11.6 Å². The first kappa shape index (κ1) is 21.7. The number of hydrogen-bond donors (Lipinski definition) is 1. The molecule has 0 radical (unpaired) electrons. The minimum atomic E-state index is -3.48. The highest BCUT2D eigenvalue weighted by Crippen LogP contribution is 2.33. The molecule has 1 aliphatic carbocycles. The lowest BCUT2D eigenvalue weighted by molar-refractivity contribution is -0.118. The summed E-state index contributed by atoms with van der Waals surface area (Å²) in [4.78, 5) is 22.9. The maximum atomic E-state index is 13.1. The van der Waals surface area contributed by atoms with Gasteiger partial charge in [0.05, 0.1) is 40.3 Å². The van der Waals surface area contributed by atoms with Crippen LogP contribution < -0.4 is 4.90 Å². The smallest absolute Gasteiger partial charge is 0.232 e. The summed E-state index contributed by atoms with van der Waals surface area (Å²) in [6.07, 6.45) is 9.75. The van der Waals surface area contributed by atoms with Crippen LogP contribution in [0.25, 0.3) is 0 Å². The van der Waals surface area contributed by atoms with E-state index in [0.29, 0.717) is 29.5 Å². The lowest BCUT2D eigenvalue weighted by atomic mass is 10.0. The number of aliphatic hydroxyl groups is 1. The van der Waals surface area contributed by atoms with Crippen molar-refractivity contribution in [2.45, 2.75) is 50.0 Å². The van der Waals surface area contributed by atoms with E-state index in [1.54, 1.807) is 0 Å². The highest BCUT2D eigenvalue weighted by atomic mass is 35.5. The van der Waals surface area contributed by atoms with Gasteiger partial charge in [-0.25, -0.2) is 13.4 Å². The molecule has 9 heteroatoms. The molecule has 0 unspecified atom stereocenters. The average Bonchev–Trinajstić information content (AvgIpc) is 3.20. The van der Waals surface area contributed by atoms with Crippen molar-refractivity contribution in [2.24, 2.45) is 5.92 Å². The van der Waals surface area contributed by atoms with E-state index in [0.717, 1.165) is 25.5 Å². The monoisotopic (exact) mass is 437 g/mol. The third kappa shape index (κ3) is 5.32. The van der Waals surface area contributed by atoms with Crippen LogP contribution in [-0.2, 0) is 21.2 Å². The molecule has 1 amide bonds. The van der Waals surface area contributed by atoms with Crippen LogP contribution in [0.2, 0.25) is 5.02 Å². The molecule has 156 valence electrons. The van der Waals surface area contributed by atoms with Gasteiger partial charge in [-0.15, -0.1) is 0 Å². The van der Waals surface area contributed by atoms with Crippen LogP contribution in [0.5, 0.6) is 0 Å². The van der Waals surface area contributed by atoms with Gasteiger partial charge in [0.2, 0.25) is 5.91 Å². The van der Waals surface area contributed by atoms with Crippen LogP contribution in [0.15, 0.2) is 35.5 Å². The maximum Gasteiger partial charge on any atom is 0.232 e. The topological polar surface area (TPSA) is 100 Å². The zero-order valence-corrected chi connectivity index (χ0v) is 17.8. The van der Waals surface area contributed by atoms with Crippen LogP contribution in [0.4, 0.5) is 11.5 Å². The van der Waals surface area contributed by atoms with Crippen molar-refractivity contribution in [3.8, 4) is 0 Å². The summed E-state index contributed by atoms with van der Waals surface area (Å²) in [6, 6.07) is 4.38. The van der Waals surface area contributed by atoms with Gasteiger partial charge in [-0.05, 0) is 30.5 Å². The quantitative estimate of drug-likeness (QED) is 0.709. The summed E-state index contributed by atoms with van der Waals surface area (Å²) < 4.78 is 23.7. The molecule has 29 heavy (non-hydrogen) atoms. The maximum absolute atomic E-state index is 13.1. The van der Waals surface area contributed by atoms with E-state index >= 15 is 0 Å². The number of amides is 1. The lowest BCUT2D eigenvalue weighted by Crippen LogP contribution is -2.27. The second-order valence-electron chi connectivity index (χ2n) is 7.33. The first-order valence-corrected chi connectivity index (χ1v) is 11.8. The second-order valence-corrected chi connectivity index (χ2v) is 9.72. The van der Waals surface area contributed by atoms with Gasteiger partial charge in [0.15, 0.2) is 15.7 Å². The number of hydrogen-bond acceptors (Lipinski definition) is 6. The predicted molar refractivity (Wildman–Crippen MR) is 111 cm³/mol. The Morgan fingerprint density at radius 2 is 1.97 bits per heavy atom. The summed E-state index contributed by atoms with van der Waals surface area (Å²) in [7, 11) is -3.48. The van der Waals surface area contributed by atoms with Crippen LogP contribution in [0.3, 0.4) is 0 Å². The molecular weight excluding hydrogens is 414 g/mol. The van der Waals surface area contributed by atoms with Crippen LogP contribution in [0, 0.1) is 5.92 Å². The number of carbonyl (C=O) groups is 1. The van der Waals surface area contributed by atoms with E-state index in [1.165, 1.54) is 48.3 Å². The van der Waals surface area contributed by atoms with Gasteiger partial charge < -0.3 is 5.11 Å². The molecule has 0 atom stereocenters. The van der Waals surface area contributed by atoms with Gasteiger partial charge >= 0.3 is 0 Å². The largest absolute Gasteiger partial charge is 0.390 e. The molecule has 1 saturated carbocycles. The molecule has 1 heterocycles. The molecule has 0 spiro atoms. The number of carbonyl (C=O) groups excluding carboxylic acids is 1. The number of aromatic nitrogens is 2. The molecule has 2 aromatic rings. The van der Waals surface area contributed by atoms with Crippen molar-refractivity contribution >= 4 is 38.9 Å². The number of rotatable bonds is 7. The van der Waals surface area contributed by atoms with Gasteiger partial charge in [0, 0.05) is 12.7 Å². The van der Waals surface area contributed by atoms with Crippen LogP contribution >= 0.6 is 11.6 Å². The standard InChI is InChI=1S/C20H24ClN3O4S/c1-29(27,28)18-8-7-16(10-17(18)21)24(19-12-22-15(13-25)11-23-19)20(26)9-6-14-4-2-3-5-14/h7-8,10-12,14,25H,2-6,9,13H2,1H3. The number of nitrogens with zero attached hydrogens (tertiary/aromatic N) is 3. The van der Waals surface area contributed by atoms with Gasteiger partial charge in [-0.2, -0.15) is 0 Å². The summed E-state index contributed by atoms with van der Waals surface area (Å²) in [5.74, 6) is 0.688. The fourth-order valence-corrected chi connectivity index (χ4v) is 4.94. The van der Waals surface area contributed by atoms with Crippen LogP contribution in [0.1, 0.15) is 44.2 Å². The number of sulfone groups is 1. The summed E-state index contributed by atoms with van der Waals surface area (Å²) in [5, 5.41) is 9.22. The van der Waals surface area contributed by atoms with Crippen molar-refractivity contribution in [1.82, 2.24) is 9.97 Å². The Labute approximate surface area is 175 Å². The Bertz CT molecular complexity index is 974. The SMILES string of the molecule is CS(=O)(=O)c1ccc(N(C(=O)CCC2CCCC2)c2cnc(CO)cn2)cc1Cl. The second kappa shape index (κ2) is 9.19. The van der Waals surface area contributed by atoms with Crippen LogP contribution in [-0.4, -0.2) is 35.7 Å². The summed E-state index contributed by atoms with van der Waals surface area (Å²) in [5.41, 5.74) is 0.808. The molecule has 1 N–H and O–H groups in total. The third-order valence-corrected chi connectivity index (χ3v) is 6.73. The molecule has 0 aliphatic heterocycles. The van der Waals surface area contributed by atoms with E-state index in [9.17, 15) is 18.3 Å². The van der Waals surface area contributed by atoms with Crippen molar-refractivity contribution in [1.29, 1.82) is 0 Å². The van der Waals surface area contributed by atoms with Gasteiger partial charge in [-0.1, -0.05) is 37.3 Å². The minimum absolute atomic E-state index is 0.00276.